The van der Waals surface area contributed by atoms with E-state index in [4.69, 9.17) is 5.84 Å². The van der Waals surface area contributed by atoms with Gasteiger partial charge in [-0.3, -0.25) is 4.79 Å². The predicted octanol–water partition coefficient (Wildman–Crippen LogP) is 4.98. The second-order valence-corrected chi connectivity index (χ2v) is 8.33. The molecule has 2 N–H and O–H groups in total. The smallest absolute Gasteiger partial charge is 0.335 e. The number of thioether (sulfide) groups is 1. The molecule has 36 heavy (non-hydrogen) atoms. The average molecular weight is 515 g/mol. The first-order chi connectivity index (χ1) is 17.2. The maximum Gasteiger partial charge on any atom is 0.416 e. The summed E-state index contributed by atoms with van der Waals surface area (Å²) in [5.74, 6) is 4.85. The Morgan fingerprint density at radius 1 is 1.03 bits per heavy atom. The molecule has 0 aliphatic rings. The summed E-state index contributed by atoms with van der Waals surface area (Å²) in [4.78, 5) is 13.1. The Morgan fingerprint density at radius 2 is 1.78 bits per heavy atom. The number of hydrogen-bond acceptors (Lipinski definition) is 6. The van der Waals surface area contributed by atoms with Crippen LogP contribution in [-0.2, 0) is 11.0 Å². The normalized spacial score (nSPS) is 11.7. The Morgan fingerprint density at radius 3 is 2.50 bits per heavy atom. The standard InChI is InChI=1S/C24H18F4N6OS/c25-19-10-4-8-17(12-19)22-31-32-23(33(22)29)36-15-21(35)34(30-14-16-6-2-1-3-7-16)20-11-5-9-18(13-20)24(26,27)28/h1-14H,15,29H2. The van der Waals surface area contributed by atoms with E-state index in [-0.39, 0.29) is 22.4 Å². The molecule has 4 aromatic rings. The van der Waals surface area contributed by atoms with Crippen molar-refractivity contribution in [1.29, 1.82) is 0 Å². The predicted molar refractivity (Wildman–Crippen MR) is 129 cm³/mol. The van der Waals surface area contributed by atoms with E-state index < -0.39 is 23.5 Å². The number of carbonyl (C=O) groups excluding carboxylic acids is 1. The summed E-state index contributed by atoms with van der Waals surface area (Å²) in [7, 11) is 0. The average Bonchev–Trinajstić information content (AvgIpc) is 3.23. The molecule has 0 saturated carbocycles. The summed E-state index contributed by atoms with van der Waals surface area (Å²) in [5.41, 5.74) is 0.0664. The molecule has 3 aromatic carbocycles. The number of anilines is 1. The highest BCUT2D eigenvalue weighted by Crippen LogP contribution is 2.32. The molecule has 0 fully saturated rings. The fourth-order valence-corrected chi connectivity index (χ4v) is 3.84. The number of carbonyl (C=O) groups is 1. The molecule has 0 radical (unpaired) electrons. The monoisotopic (exact) mass is 514 g/mol. The minimum atomic E-state index is -4.59. The fraction of sp³-hybridized carbons (Fsp3) is 0.0833. The maximum atomic E-state index is 13.6. The minimum absolute atomic E-state index is 0.0581. The van der Waals surface area contributed by atoms with Crippen LogP contribution < -0.4 is 10.9 Å². The van der Waals surface area contributed by atoms with E-state index in [1.165, 1.54) is 36.5 Å². The number of aromatic nitrogens is 3. The minimum Gasteiger partial charge on any atom is -0.335 e. The van der Waals surface area contributed by atoms with Crippen LogP contribution in [0.2, 0.25) is 0 Å². The molecule has 0 aliphatic carbocycles. The molecule has 7 nitrogen and oxygen atoms in total. The van der Waals surface area contributed by atoms with Crippen molar-refractivity contribution in [2.45, 2.75) is 11.3 Å². The number of benzene rings is 3. The van der Waals surface area contributed by atoms with Crippen molar-refractivity contribution >= 4 is 29.6 Å². The lowest BCUT2D eigenvalue weighted by Gasteiger charge is -2.18. The van der Waals surface area contributed by atoms with E-state index in [0.717, 1.165) is 33.6 Å². The van der Waals surface area contributed by atoms with Crippen LogP contribution in [0.3, 0.4) is 0 Å². The zero-order chi connectivity index (χ0) is 25.7. The highest BCUT2D eigenvalue weighted by atomic mass is 32.2. The quantitative estimate of drug-likeness (QED) is 0.124. The SMILES string of the molecule is Nn1c(SCC(=O)N(N=Cc2ccccc2)c2cccc(C(F)(F)F)c2)nnc1-c1cccc(F)c1. The molecule has 0 unspecified atom stereocenters. The third kappa shape index (κ3) is 5.89. The Kier molecular flexibility index (Phi) is 7.34. The summed E-state index contributed by atoms with van der Waals surface area (Å²) < 4.78 is 54.4. The van der Waals surface area contributed by atoms with Gasteiger partial charge in [-0.1, -0.05) is 60.3 Å². The Labute approximate surface area is 207 Å². The van der Waals surface area contributed by atoms with Gasteiger partial charge in [0.25, 0.3) is 5.91 Å². The molecule has 0 spiro atoms. The van der Waals surface area contributed by atoms with Gasteiger partial charge < -0.3 is 5.84 Å². The van der Waals surface area contributed by atoms with Crippen LogP contribution in [0, 0.1) is 5.82 Å². The molecule has 0 bridgehead atoms. The number of amides is 1. The fourth-order valence-electron chi connectivity index (χ4n) is 3.14. The Hall–Kier alpha value is -4.19. The lowest BCUT2D eigenvalue weighted by molar-refractivity contribution is -0.137. The second kappa shape index (κ2) is 10.6. The molecule has 184 valence electrons. The van der Waals surface area contributed by atoms with Gasteiger partial charge in [0.15, 0.2) is 5.82 Å². The largest absolute Gasteiger partial charge is 0.416 e. The van der Waals surface area contributed by atoms with Gasteiger partial charge in [0.2, 0.25) is 5.16 Å². The third-order valence-corrected chi connectivity index (χ3v) is 5.78. The molecule has 1 heterocycles. The van der Waals surface area contributed by atoms with Crippen molar-refractivity contribution < 1.29 is 22.4 Å². The topological polar surface area (TPSA) is 89.4 Å². The van der Waals surface area contributed by atoms with E-state index in [2.05, 4.69) is 15.3 Å². The molecular formula is C24H18F4N6OS. The van der Waals surface area contributed by atoms with Crippen molar-refractivity contribution in [2.75, 3.05) is 16.6 Å². The van der Waals surface area contributed by atoms with Gasteiger partial charge >= 0.3 is 6.18 Å². The Bertz CT molecular complexity index is 1390. The van der Waals surface area contributed by atoms with Crippen LogP contribution in [0.25, 0.3) is 11.4 Å². The van der Waals surface area contributed by atoms with Crippen LogP contribution in [0.1, 0.15) is 11.1 Å². The van der Waals surface area contributed by atoms with Gasteiger partial charge in [-0.25, -0.2) is 14.1 Å². The maximum absolute atomic E-state index is 13.6. The van der Waals surface area contributed by atoms with Crippen molar-refractivity contribution in [3.05, 3.63) is 95.8 Å². The summed E-state index contributed by atoms with van der Waals surface area (Å²) in [6.07, 6.45) is -3.22. The van der Waals surface area contributed by atoms with Crippen molar-refractivity contribution in [1.82, 2.24) is 14.9 Å². The van der Waals surface area contributed by atoms with Gasteiger partial charge in [-0.2, -0.15) is 18.3 Å². The van der Waals surface area contributed by atoms with E-state index >= 15 is 0 Å². The van der Waals surface area contributed by atoms with Gasteiger partial charge in [0, 0.05) is 5.56 Å². The number of nitrogen functional groups attached to an aromatic ring is 1. The van der Waals surface area contributed by atoms with E-state index in [1.807, 2.05) is 0 Å². The number of rotatable bonds is 7. The van der Waals surface area contributed by atoms with Crippen LogP contribution >= 0.6 is 11.8 Å². The third-order valence-electron chi connectivity index (χ3n) is 4.85. The van der Waals surface area contributed by atoms with E-state index in [9.17, 15) is 22.4 Å². The highest BCUT2D eigenvalue weighted by molar-refractivity contribution is 7.99. The number of hydrazone groups is 1. The lowest BCUT2D eigenvalue weighted by Crippen LogP contribution is -2.28. The zero-order valence-corrected chi connectivity index (χ0v) is 19.2. The second-order valence-electron chi connectivity index (χ2n) is 7.38. The molecule has 0 aliphatic heterocycles. The zero-order valence-electron chi connectivity index (χ0n) is 18.4. The van der Waals surface area contributed by atoms with Crippen molar-refractivity contribution in [2.24, 2.45) is 5.10 Å². The highest BCUT2D eigenvalue weighted by Gasteiger charge is 2.31. The van der Waals surface area contributed by atoms with Gasteiger partial charge in [-0.05, 0) is 35.9 Å². The molecule has 0 saturated heterocycles. The number of nitrogens with two attached hydrogens (primary N) is 1. The van der Waals surface area contributed by atoms with Crippen molar-refractivity contribution in [3.8, 4) is 11.4 Å². The first kappa shape index (κ1) is 24.9. The first-order valence-corrected chi connectivity index (χ1v) is 11.4. The number of alkyl halides is 3. The van der Waals surface area contributed by atoms with Crippen LogP contribution in [0.4, 0.5) is 23.2 Å². The Balaban J connectivity index is 1.58. The number of nitrogens with zero attached hydrogens (tertiary/aromatic N) is 5. The summed E-state index contributed by atoms with van der Waals surface area (Å²) >= 11 is 0.913. The van der Waals surface area contributed by atoms with E-state index in [1.54, 1.807) is 36.4 Å². The number of halogens is 4. The van der Waals surface area contributed by atoms with E-state index in [0.29, 0.717) is 11.1 Å². The van der Waals surface area contributed by atoms with Crippen LogP contribution in [-0.4, -0.2) is 32.7 Å². The number of hydrogen-bond donors (Lipinski definition) is 1. The molecule has 1 aromatic heterocycles. The molecule has 4 rings (SSSR count). The van der Waals surface area contributed by atoms with Crippen molar-refractivity contribution in [3.63, 3.8) is 0 Å². The molecule has 0 atom stereocenters. The van der Waals surface area contributed by atoms with Gasteiger partial charge in [0.05, 0.1) is 23.2 Å². The summed E-state index contributed by atoms with van der Waals surface area (Å²) in [6, 6.07) is 18.7. The summed E-state index contributed by atoms with van der Waals surface area (Å²) in [5, 5.41) is 13.1. The molecular weight excluding hydrogens is 496 g/mol. The van der Waals surface area contributed by atoms with Crippen LogP contribution in [0.5, 0.6) is 0 Å². The van der Waals surface area contributed by atoms with Crippen LogP contribution in [0.15, 0.2) is 89.1 Å². The molecule has 12 heteroatoms. The van der Waals surface area contributed by atoms with Gasteiger partial charge in [0.1, 0.15) is 5.82 Å². The summed E-state index contributed by atoms with van der Waals surface area (Å²) in [6.45, 7) is 0. The molecule has 1 amide bonds. The lowest BCUT2D eigenvalue weighted by atomic mass is 10.2. The first-order valence-electron chi connectivity index (χ1n) is 10.4. The van der Waals surface area contributed by atoms with Gasteiger partial charge in [-0.15, -0.1) is 10.2 Å².